The number of rotatable bonds is 4. The van der Waals surface area contributed by atoms with Crippen molar-refractivity contribution in [2.75, 3.05) is 0 Å². The zero-order valence-corrected chi connectivity index (χ0v) is 16.2. The summed E-state index contributed by atoms with van der Waals surface area (Å²) in [6.07, 6.45) is 7.14. The Balaban J connectivity index is 1.23. The number of nitrogens with one attached hydrogen (secondary N) is 1. The van der Waals surface area contributed by atoms with E-state index in [0.717, 1.165) is 45.0 Å². The highest BCUT2D eigenvalue weighted by molar-refractivity contribution is 7.13. The van der Waals surface area contributed by atoms with Gasteiger partial charge in [0.15, 0.2) is 0 Å². The molecule has 5 heteroatoms. The number of thiazole rings is 1. The molecule has 1 amide bonds. The monoisotopic (exact) mass is 386 g/mol. The molecule has 0 spiro atoms. The van der Waals surface area contributed by atoms with Gasteiger partial charge in [0.25, 0.3) is 0 Å². The summed E-state index contributed by atoms with van der Waals surface area (Å²) in [6, 6.07) is 8.09. The quantitative estimate of drug-likeness (QED) is 0.807. The van der Waals surface area contributed by atoms with E-state index in [1.165, 1.54) is 32.1 Å². The number of carbonyl (C=O) groups excluding carboxylic acids is 1. The van der Waals surface area contributed by atoms with Crippen LogP contribution in [0.25, 0.3) is 10.6 Å². The van der Waals surface area contributed by atoms with Gasteiger partial charge >= 0.3 is 0 Å². The van der Waals surface area contributed by atoms with Crippen molar-refractivity contribution >= 4 is 28.8 Å². The summed E-state index contributed by atoms with van der Waals surface area (Å²) in [5.41, 5.74) is 1.91. The lowest BCUT2D eigenvalue weighted by molar-refractivity contribution is -0.124. The first-order chi connectivity index (χ1) is 12.6. The van der Waals surface area contributed by atoms with Crippen molar-refractivity contribution in [2.45, 2.75) is 44.6 Å². The van der Waals surface area contributed by atoms with Gasteiger partial charge in [-0.3, -0.25) is 4.79 Å². The Hall–Kier alpha value is -1.39. The average molecular weight is 387 g/mol. The third kappa shape index (κ3) is 3.18. The predicted molar refractivity (Wildman–Crippen MR) is 105 cm³/mol. The van der Waals surface area contributed by atoms with Gasteiger partial charge in [-0.1, -0.05) is 23.7 Å². The molecule has 4 saturated carbocycles. The summed E-state index contributed by atoms with van der Waals surface area (Å²) in [6.45, 7) is 0. The summed E-state index contributed by atoms with van der Waals surface area (Å²) in [7, 11) is 0. The van der Waals surface area contributed by atoms with E-state index in [1.54, 1.807) is 11.3 Å². The average Bonchev–Trinajstić information content (AvgIpc) is 3.06. The fourth-order valence-corrected chi connectivity index (χ4v) is 6.63. The number of halogens is 1. The minimum Gasteiger partial charge on any atom is -0.352 e. The Labute approximate surface area is 163 Å². The maximum Gasteiger partial charge on any atom is 0.226 e. The fraction of sp³-hybridized carbons (Fsp3) is 0.524. The van der Waals surface area contributed by atoms with E-state index in [0.29, 0.717) is 12.5 Å². The molecule has 1 aromatic heterocycles. The van der Waals surface area contributed by atoms with Crippen molar-refractivity contribution in [3.05, 3.63) is 40.4 Å². The molecule has 4 bridgehead atoms. The van der Waals surface area contributed by atoms with Gasteiger partial charge in [-0.25, -0.2) is 4.98 Å². The molecule has 1 N–H and O–H groups in total. The van der Waals surface area contributed by atoms with Crippen molar-refractivity contribution in [3.8, 4) is 10.6 Å². The molecule has 4 aliphatic carbocycles. The second-order valence-electron chi connectivity index (χ2n) is 8.35. The molecule has 0 aliphatic heterocycles. The molecule has 2 aromatic rings. The van der Waals surface area contributed by atoms with Gasteiger partial charge in [0.05, 0.1) is 12.1 Å². The fourth-order valence-electron chi connectivity index (χ4n) is 5.68. The highest BCUT2D eigenvalue weighted by atomic mass is 35.5. The van der Waals surface area contributed by atoms with Gasteiger partial charge in [0.2, 0.25) is 5.91 Å². The molecule has 4 aliphatic rings. The van der Waals surface area contributed by atoms with Crippen LogP contribution in [0.4, 0.5) is 0 Å². The molecule has 0 atom stereocenters. The van der Waals surface area contributed by atoms with Gasteiger partial charge in [-0.2, -0.15) is 0 Å². The number of hydrogen-bond donors (Lipinski definition) is 1. The molecule has 0 saturated heterocycles. The van der Waals surface area contributed by atoms with Gasteiger partial charge in [0, 0.05) is 22.0 Å². The lowest BCUT2D eigenvalue weighted by atomic mass is 9.54. The Morgan fingerprint density at radius 1 is 1.08 bits per heavy atom. The minimum absolute atomic E-state index is 0.135. The zero-order chi connectivity index (χ0) is 17.7. The highest BCUT2D eigenvalue weighted by Gasteiger charge is 2.48. The van der Waals surface area contributed by atoms with Crippen molar-refractivity contribution in [2.24, 2.45) is 23.7 Å². The van der Waals surface area contributed by atoms with Gasteiger partial charge in [-0.05, 0) is 67.9 Å². The first-order valence-corrected chi connectivity index (χ1v) is 10.9. The molecule has 136 valence electrons. The van der Waals surface area contributed by atoms with Crippen LogP contribution in [0, 0.1) is 23.7 Å². The number of carbonyl (C=O) groups is 1. The highest BCUT2D eigenvalue weighted by Crippen LogP contribution is 2.53. The van der Waals surface area contributed by atoms with Crippen LogP contribution in [0.5, 0.6) is 0 Å². The SMILES string of the molecule is O=C(Cc1csc(-c2ccc(Cl)cc2)n1)NC1C2CC3CC(C2)CC1C3. The number of benzene rings is 1. The van der Waals surface area contributed by atoms with E-state index in [4.69, 9.17) is 11.6 Å². The molecule has 1 aromatic carbocycles. The van der Waals surface area contributed by atoms with Crippen LogP contribution in [0.1, 0.15) is 37.8 Å². The maximum absolute atomic E-state index is 12.6. The summed E-state index contributed by atoms with van der Waals surface area (Å²) >= 11 is 7.53. The molecule has 6 rings (SSSR count). The number of nitrogens with zero attached hydrogens (tertiary/aromatic N) is 1. The van der Waals surface area contributed by atoms with Crippen LogP contribution in [0.15, 0.2) is 29.6 Å². The summed E-state index contributed by atoms with van der Waals surface area (Å²) in [4.78, 5) is 17.3. The first kappa shape index (κ1) is 16.8. The number of aromatic nitrogens is 1. The smallest absolute Gasteiger partial charge is 0.226 e. The van der Waals surface area contributed by atoms with Crippen molar-refractivity contribution in [1.29, 1.82) is 0 Å². The van der Waals surface area contributed by atoms with E-state index >= 15 is 0 Å². The van der Waals surface area contributed by atoms with Crippen LogP contribution >= 0.6 is 22.9 Å². The largest absolute Gasteiger partial charge is 0.352 e. The molecule has 0 radical (unpaired) electrons. The molecule has 4 fully saturated rings. The molecule has 1 heterocycles. The second kappa shape index (κ2) is 6.65. The van der Waals surface area contributed by atoms with Crippen molar-refractivity contribution in [1.82, 2.24) is 10.3 Å². The van der Waals surface area contributed by atoms with Crippen LogP contribution in [0.3, 0.4) is 0 Å². The number of hydrogen-bond acceptors (Lipinski definition) is 3. The maximum atomic E-state index is 12.6. The lowest BCUT2D eigenvalue weighted by Crippen LogP contribution is -2.56. The van der Waals surface area contributed by atoms with E-state index in [9.17, 15) is 4.79 Å². The van der Waals surface area contributed by atoms with Gasteiger partial charge in [0.1, 0.15) is 5.01 Å². The summed E-state index contributed by atoms with van der Waals surface area (Å²) < 4.78 is 0. The topological polar surface area (TPSA) is 42.0 Å². The Bertz CT molecular complexity index is 788. The van der Waals surface area contributed by atoms with Crippen LogP contribution in [-0.4, -0.2) is 16.9 Å². The molecular formula is C21H23ClN2OS. The lowest BCUT2D eigenvalue weighted by Gasteiger charge is -2.54. The van der Waals surface area contributed by atoms with Crippen LogP contribution in [0.2, 0.25) is 5.02 Å². The predicted octanol–water partition coefficient (Wildman–Crippen LogP) is 4.95. The number of amides is 1. The standard InChI is InChI=1S/C21H23ClN2OS/c22-17-3-1-14(2-4-17)21-23-18(11-26-21)10-19(25)24-20-15-6-12-5-13(8-15)9-16(20)7-12/h1-4,11-13,15-16,20H,5-10H2,(H,24,25). The van der Waals surface area contributed by atoms with Gasteiger partial charge in [-0.15, -0.1) is 11.3 Å². The summed E-state index contributed by atoms with van der Waals surface area (Å²) in [5, 5.41) is 7.04. The van der Waals surface area contributed by atoms with E-state index < -0.39 is 0 Å². The molecule has 0 unspecified atom stereocenters. The Kier molecular flexibility index (Phi) is 4.29. The molecule has 3 nitrogen and oxygen atoms in total. The van der Waals surface area contributed by atoms with E-state index in [1.807, 2.05) is 29.6 Å². The van der Waals surface area contributed by atoms with Crippen molar-refractivity contribution in [3.63, 3.8) is 0 Å². The van der Waals surface area contributed by atoms with Crippen LogP contribution < -0.4 is 5.32 Å². The normalized spacial score (nSPS) is 32.0. The minimum atomic E-state index is 0.135. The van der Waals surface area contributed by atoms with Crippen molar-refractivity contribution < 1.29 is 4.79 Å². The summed E-state index contributed by atoms with van der Waals surface area (Å²) in [5.74, 6) is 3.44. The Morgan fingerprint density at radius 2 is 1.73 bits per heavy atom. The third-order valence-corrected chi connectivity index (χ3v) is 7.73. The molecular weight excluding hydrogens is 364 g/mol. The van der Waals surface area contributed by atoms with Gasteiger partial charge < -0.3 is 5.32 Å². The second-order valence-corrected chi connectivity index (χ2v) is 9.65. The zero-order valence-electron chi connectivity index (χ0n) is 14.7. The van der Waals surface area contributed by atoms with E-state index in [2.05, 4.69) is 10.3 Å². The third-order valence-electron chi connectivity index (χ3n) is 6.54. The molecule has 26 heavy (non-hydrogen) atoms. The van der Waals surface area contributed by atoms with E-state index in [-0.39, 0.29) is 5.91 Å². The first-order valence-electron chi connectivity index (χ1n) is 9.64. The van der Waals surface area contributed by atoms with Crippen LogP contribution in [-0.2, 0) is 11.2 Å². The Morgan fingerprint density at radius 3 is 2.38 bits per heavy atom.